The number of hydrogen-bond acceptors (Lipinski definition) is 4. The zero-order valence-electron chi connectivity index (χ0n) is 19.3. The number of unbranched alkanes of at least 4 members (excludes halogenated alkanes) is 13. The molecule has 8 heteroatoms. The maximum atomic E-state index is 11.6. The van der Waals surface area contributed by atoms with Crippen LogP contribution in [0, 0.1) is 0 Å². The lowest BCUT2D eigenvalue weighted by Gasteiger charge is -2.16. The molecule has 0 saturated carbocycles. The summed E-state index contributed by atoms with van der Waals surface area (Å²) in [5.41, 5.74) is -1.16. The molecule has 0 aromatic carbocycles. The molecule has 0 aromatic heterocycles. The van der Waals surface area contributed by atoms with Crippen LogP contribution in [0.3, 0.4) is 0 Å². The predicted molar refractivity (Wildman–Crippen MR) is 123 cm³/mol. The molecule has 7 nitrogen and oxygen atoms in total. The van der Waals surface area contributed by atoms with Gasteiger partial charge in [-0.25, -0.2) is 9.59 Å². The molecule has 0 aliphatic rings. The first kappa shape index (κ1) is 29.6. The van der Waals surface area contributed by atoms with Gasteiger partial charge in [0.2, 0.25) is 0 Å². The highest BCUT2D eigenvalue weighted by molar-refractivity contribution is 7.86. The number of rotatable bonds is 20. The van der Waals surface area contributed by atoms with E-state index in [1.165, 1.54) is 64.7 Å². The minimum Gasteiger partial charge on any atom is -0.478 e. The largest absolute Gasteiger partial charge is 0.478 e. The summed E-state index contributed by atoms with van der Waals surface area (Å²) in [6.45, 7) is 3.62. The lowest BCUT2D eigenvalue weighted by molar-refractivity contribution is -0.136. The average molecular weight is 463 g/mol. The summed E-state index contributed by atoms with van der Waals surface area (Å²) in [4.78, 5) is 23.1. The number of carboxylic acid groups (broad SMARTS) is 2. The van der Waals surface area contributed by atoms with Crippen molar-refractivity contribution < 1.29 is 32.8 Å². The van der Waals surface area contributed by atoms with Crippen molar-refractivity contribution in [1.82, 2.24) is 0 Å². The summed E-state index contributed by atoms with van der Waals surface area (Å²) < 4.78 is 32.3. The monoisotopic (exact) mass is 462 g/mol. The Hall–Kier alpha value is -1.41. The topological polar surface area (TPSA) is 129 Å². The molecule has 3 N–H and O–H groups in total. The zero-order chi connectivity index (χ0) is 23.7. The van der Waals surface area contributed by atoms with E-state index in [1.54, 1.807) is 0 Å². The first-order valence-corrected chi connectivity index (χ1v) is 13.3. The Labute approximate surface area is 188 Å². The number of aliphatic carboxylic acids is 2. The van der Waals surface area contributed by atoms with Gasteiger partial charge in [0.1, 0.15) is 5.25 Å². The zero-order valence-corrected chi connectivity index (χ0v) is 20.1. The molecular weight excluding hydrogens is 420 g/mol. The second kappa shape index (κ2) is 17.2. The molecule has 1 atom stereocenters. The molecule has 0 aliphatic heterocycles. The third-order valence-corrected chi connectivity index (χ3v) is 6.93. The second-order valence-electron chi connectivity index (χ2n) is 8.26. The van der Waals surface area contributed by atoms with Crippen molar-refractivity contribution in [3.05, 3.63) is 11.1 Å². The van der Waals surface area contributed by atoms with Crippen molar-refractivity contribution in [3.63, 3.8) is 0 Å². The van der Waals surface area contributed by atoms with Gasteiger partial charge in [-0.1, -0.05) is 97.3 Å². The molecular formula is C23H42O7S. The lowest BCUT2D eigenvalue weighted by Crippen LogP contribution is -2.29. The molecule has 0 fully saturated rings. The smallest absolute Gasteiger partial charge is 0.333 e. The van der Waals surface area contributed by atoms with Crippen LogP contribution < -0.4 is 0 Å². The fraction of sp³-hybridized carbons (Fsp3) is 0.826. The van der Waals surface area contributed by atoms with Gasteiger partial charge in [-0.05, 0) is 19.3 Å². The molecule has 0 bridgehead atoms. The summed E-state index contributed by atoms with van der Waals surface area (Å²) in [7, 11) is -4.70. The fourth-order valence-corrected chi connectivity index (χ4v) is 4.84. The van der Waals surface area contributed by atoms with E-state index in [0.717, 1.165) is 25.7 Å². The van der Waals surface area contributed by atoms with Crippen LogP contribution in [0.1, 0.15) is 117 Å². The van der Waals surface area contributed by atoms with E-state index < -0.39 is 38.5 Å². The summed E-state index contributed by atoms with van der Waals surface area (Å²) >= 11 is 0. The summed E-state index contributed by atoms with van der Waals surface area (Å²) in [6, 6.07) is 0. The highest BCUT2D eigenvalue weighted by Gasteiger charge is 2.34. The van der Waals surface area contributed by atoms with Crippen LogP contribution in [0.4, 0.5) is 0 Å². The van der Waals surface area contributed by atoms with Crippen molar-refractivity contribution >= 4 is 22.1 Å². The van der Waals surface area contributed by atoms with Crippen LogP contribution in [0.2, 0.25) is 0 Å². The molecule has 0 heterocycles. The normalized spacial score (nSPS) is 13.6. The van der Waals surface area contributed by atoms with Gasteiger partial charge in [0.15, 0.2) is 0 Å². The van der Waals surface area contributed by atoms with Gasteiger partial charge in [0, 0.05) is 5.57 Å². The van der Waals surface area contributed by atoms with Crippen molar-refractivity contribution in [2.75, 3.05) is 0 Å². The molecule has 0 amide bonds. The quantitative estimate of drug-likeness (QED) is 0.115. The average Bonchev–Trinajstić information content (AvgIpc) is 2.68. The molecule has 0 aliphatic carbocycles. The molecule has 0 rings (SSSR count). The molecule has 1 unspecified atom stereocenters. The van der Waals surface area contributed by atoms with Crippen LogP contribution >= 0.6 is 0 Å². The van der Waals surface area contributed by atoms with E-state index in [2.05, 4.69) is 6.92 Å². The van der Waals surface area contributed by atoms with E-state index in [4.69, 9.17) is 0 Å². The Kier molecular flexibility index (Phi) is 16.4. The summed E-state index contributed by atoms with van der Waals surface area (Å²) in [6.07, 6.45) is 15.8. The van der Waals surface area contributed by atoms with Gasteiger partial charge in [-0.3, -0.25) is 4.55 Å². The van der Waals surface area contributed by atoms with E-state index >= 15 is 0 Å². The highest BCUT2D eigenvalue weighted by atomic mass is 32.2. The van der Waals surface area contributed by atoms with E-state index in [9.17, 15) is 32.8 Å². The minimum absolute atomic E-state index is 0.0268. The number of hydrogen-bond donors (Lipinski definition) is 3. The second-order valence-corrected chi connectivity index (χ2v) is 9.86. The number of carbonyl (C=O) groups is 2. The molecule has 0 aromatic rings. The van der Waals surface area contributed by atoms with Crippen molar-refractivity contribution in [1.29, 1.82) is 0 Å². The van der Waals surface area contributed by atoms with Gasteiger partial charge in [0.25, 0.3) is 10.1 Å². The van der Waals surface area contributed by atoms with Crippen LogP contribution in [-0.2, 0) is 19.7 Å². The minimum atomic E-state index is -4.70. The summed E-state index contributed by atoms with van der Waals surface area (Å²) in [5, 5.41) is 17.1. The molecule has 0 spiro atoms. The molecule has 31 heavy (non-hydrogen) atoms. The Morgan fingerprint density at radius 2 is 1.06 bits per heavy atom. The van der Waals surface area contributed by atoms with Crippen LogP contribution in [0.15, 0.2) is 11.1 Å². The first-order chi connectivity index (χ1) is 14.7. The third kappa shape index (κ3) is 13.6. The molecule has 182 valence electrons. The van der Waals surface area contributed by atoms with Gasteiger partial charge in [0.05, 0.1) is 5.57 Å². The van der Waals surface area contributed by atoms with Crippen LogP contribution in [0.5, 0.6) is 0 Å². The third-order valence-electron chi connectivity index (χ3n) is 5.65. The summed E-state index contributed by atoms with van der Waals surface area (Å²) in [5.74, 6) is -3.07. The van der Waals surface area contributed by atoms with E-state index in [-0.39, 0.29) is 12.8 Å². The van der Waals surface area contributed by atoms with Crippen molar-refractivity contribution in [2.45, 2.75) is 122 Å². The Morgan fingerprint density at radius 3 is 1.35 bits per heavy atom. The molecule has 0 saturated heterocycles. The van der Waals surface area contributed by atoms with Gasteiger partial charge >= 0.3 is 11.9 Å². The Balaban J connectivity index is 4.29. The van der Waals surface area contributed by atoms with E-state index in [1.807, 2.05) is 0 Å². The lowest BCUT2D eigenvalue weighted by atomic mass is 9.97. The highest BCUT2D eigenvalue weighted by Crippen LogP contribution is 2.24. The van der Waals surface area contributed by atoms with Crippen LogP contribution in [0.25, 0.3) is 0 Å². The maximum absolute atomic E-state index is 11.6. The standard InChI is InChI=1S/C23H42O7S/c1-3-5-6-7-8-9-10-11-12-13-14-15-16-17-18-19(22(24)25)21(23(26)27)20(4-2)31(28,29)30/h20H,3-18H2,1-2H3,(H,24,25)(H,26,27)(H,28,29,30)/b21-19-. The van der Waals surface area contributed by atoms with Gasteiger partial charge in [-0.2, -0.15) is 8.42 Å². The van der Waals surface area contributed by atoms with E-state index in [0.29, 0.717) is 6.42 Å². The Morgan fingerprint density at radius 1 is 0.677 bits per heavy atom. The van der Waals surface area contributed by atoms with Gasteiger partial charge in [-0.15, -0.1) is 0 Å². The SMILES string of the molecule is CCCCCCCCCCCCCCCC/C(C(=O)O)=C(/C(=O)O)C(CC)S(=O)(=O)O. The number of carboxylic acids is 2. The first-order valence-electron chi connectivity index (χ1n) is 11.8. The predicted octanol–water partition coefficient (Wildman–Crippen LogP) is 5.99. The van der Waals surface area contributed by atoms with Crippen LogP contribution in [-0.4, -0.2) is 40.4 Å². The Bertz CT molecular complexity index is 653. The van der Waals surface area contributed by atoms with Gasteiger partial charge < -0.3 is 10.2 Å². The van der Waals surface area contributed by atoms with Crippen molar-refractivity contribution in [2.24, 2.45) is 0 Å². The maximum Gasteiger partial charge on any atom is 0.333 e. The van der Waals surface area contributed by atoms with Crippen molar-refractivity contribution in [3.8, 4) is 0 Å². The molecule has 0 radical (unpaired) electrons. The fourth-order valence-electron chi connectivity index (χ4n) is 3.88.